The van der Waals surface area contributed by atoms with Gasteiger partial charge in [0.1, 0.15) is 5.70 Å². The molecule has 0 fully saturated rings. The maximum atomic E-state index is 11.7. The number of nitrogens with one attached hydrogen (secondary N) is 1. The fraction of sp³-hybridized carbons (Fsp3) is 0.286. The first-order valence-corrected chi connectivity index (χ1v) is 6.51. The number of esters is 2. The second-order valence-corrected chi connectivity index (χ2v) is 4.40. The van der Waals surface area contributed by atoms with Gasteiger partial charge in [-0.3, -0.25) is 0 Å². The molecule has 0 spiro atoms. The summed E-state index contributed by atoms with van der Waals surface area (Å²) in [6.07, 6.45) is 0.982. The van der Waals surface area contributed by atoms with Gasteiger partial charge in [-0.25, -0.2) is 9.59 Å². The molecule has 0 atom stereocenters. The number of anilines is 1. The lowest BCUT2D eigenvalue weighted by Gasteiger charge is -2.14. The monoisotopic (exact) mass is 327 g/mol. The Balaban J connectivity index is 3.21. The van der Waals surface area contributed by atoms with Crippen LogP contribution in [0.3, 0.4) is 0 Å². The highest BCUT2D eigenvalue weighted by molar-refractivity contribution is 7.80. The first kappa shape index (κ1) is 17.7. The Labute approximate surface area is 133 Å². The highest BCUT2D eigenvalue weighted by Gasteiger charge is 2.16. The smallest absolute Gasteiger partial charge is 0.354 e. The average Bonchev–Trinajstić information content (AvgIpc) is 2.54. The molecule has 0 radical (unpaired) electrons. The summed E-state index contributed by atoms with van der Waals surface area (Å²) >= 11 is 4.30. The van der Waals surface area contributed by atoms with E-state index in [4.69, 9.17) is 9.47 Å². The number of hydrogen-bond acceptors (Lipinski definition) is 8. The van der Waals surface area contributed by atoms with E-state index in [2.05, 4.69) is 27.4 Å². The van der Waals surface area contributed by atoms with E-state index in [-0.39, 0.29) is 5.70 Å². The van der Waals surface area contributed by atoms with Crippen molar-refractivity contribution in [2.24, 2.45) is 0 Å². The summed E-state index contributed by atoms with van der Waals surface area (Å²) in [6, 6.07) is 3.19. The topological polar surface area (TPSA) is 83.1 Å². The van der Waals surface area contributed by atoms with Crippen molar-refractivity contribution in [2.45, 2.75) is 4.90 Å². The van der Waals surface area contributed by atoms with Crippen LogP contribution in [0.25, 0.3) is 0 Å². The van der Waals surface area contributed by atoms with Crippen molar-refractivity contribution in [3.63, 3.8) is 0 Å². The number of carbonyl (C=O) groups is 2. The Morgan fingerprint density at radius 3 is 2.14 bits per heavy atom. The van der Waals surface area contributed by atoms with Gasteiger partial charge in [-0.2, -0.15) is 0 Å². The second kappa shape index (κ2) is 8.18. The van der Waals surface area contributed by atoms with Crippen LogP contribution in [0.15, 0.2) is 28.8 Å². The fourth-order valence-electron chi connectivity index (χ4n) is 1.55. The summed E-state index contributed by atoms with van der Waals surface area (Å²) in [5.74, 6) is -0.512. The molecule has 120 valence electrons. The number of thiol groups is 1. The zero-order valence-electron chi connectivity index (χ0n) is 12.6. The molecular formula is C14H17NO6S. The number of rotatable bonds is 6. The van der Waals surface area contributed by atoms with E-state index in [0.717, 1.165) is 6.08 Å². The molecule has 0 bridgehead atoms. The van der Waals surface area contributed by atoms with E-state index in [1.807, 2.05) is 0 Å². The van der Waals surface area contributed by atoms with Crippen LogP contribution in [0.5, 0.6) is 11.5 Å². The Hall–Kier alpha value is -2.35. The molecule has 7 nitrogen and oxygen atoms in total. The van der Waals surface area contributed by atoms with E-state index < -0.39 is 11.9 Å². The molecule has 0 aliphatic heterocycles. The van der Waals surface area contributed by atoms with Crippen LogP contribution in [0, 0.1) is 0 Å². The molecule has 0 saturated heterocycles. The molecule has 8 heteroatoms. The van der Waals surface area contributed by atoms with Gasteiger partial charge in [0.05, 0.1) is 40.2 Å². The lowest BCUT2D eigenvalue weighted by molar-refractivity contribution is -0.138. The first-order valence-electron chi connectivity index (χ1n) is 6.06. The Kier molecular flexibility index (Phi) is 6.58. The number of methoxy groups -OCH3 is 4. The first-order chi connectivity index (χ1) is 10.5. The van der Waals surface area contributed by atoms with E-state index in [0.29, 0.717) is 22.1 Å². The quantitative estimate of drug-likeness (QED) is 0.467. The van der Waals surface area contributed by atoms with E-state index in [1.165, 1.54) is 28.4 Å². The van der Waals surface area contributed by atoms with Gasteiger partial charge in [0.25, 0.3) is 0 Å². The molecule has 0 saturated carbocycles. The zero-order valence-corrected chi connectivity index (χ0v) is 13.5. The van der Waals surface area contributed by atoms with Crippen molar-refractivity contribution < 1.29 is 28.5 Å². The summed E-state index contributed by atoms with van der Waals surface area (Å²) in [5, 5.41) is 2.76. The summed E-state index contributed by atoms with van der Waals surface area (Å²) in [7, 11) is 5.38. The second-order valence-electron chi connectivity index (χ2n) is 3.92. The van der Waals surface area contributed by atoms with Gasteiger partial charge >= 0.3 is 11.9 Å². The summed E-state index contributed by atoms with van der Waals surface area (Å²) in [6.45, 7) is 0. The van der Waals surface area contributed by atoms with Crippen molar-refractivity contribution in [1.82, 2.24) is 0 Å². The zero-order chi connectivity index (χ0) is 16.7. The van der Waals surface area contributed by atoms with Crippen molar-refractivity contribution in [3.8, 4) is 11.5 Å². The molecule has 1 N–H and O–H groups in total. The van der Waals surface area contributed by atoms with Gasteiger partial charge in [-0.05, 0) is 6.07 Å². The molecule has 0 aromatic heterocycles. The number of ether oxygens (including phenoxy) is 4. The number of carbonyl (C=O) groups excluding carboxylic acids is 2. The van der Waals surface area contributed by atoms with Crippen LogP contribution >= 0.6 is 12.6 Å². The Bertz CT molecular complexity index is 599. The molecule has 0 heterocycles. The minimum atomic E-state index is -0.729. The van der Waals surface area contributed by atoms with Gasteiger partial charge in [0, 0.05) is 11.0 Å². The molecule has 22 heavy (non-hydrogen) atoms. The summed E-state index contributed by atoms with van der Waals surface area (Å²) in [4.78, 5) is 23.5. The van der Waals surface area contributed by atoms with Gasteiger partial charge < -0.3 is 24.3 Å². The minimum Gasteiger partial charge on any atom is -0.493 e. The third kappa shape index (κ3) is 4.32. The number of hydrogen-bond donors (Lipinski definition) is 2. The third-order valence-corrected chi connectivity index (χ3v) is 3.01. The molecule has 0 unspecified atom stereocenters. The van der Waals surface area contributed by atoms with Crippen LogP contribution in [-0.4, -0.2) is 40.4 Å². The predicted octanol–water partition coefficient (Wildman–Crippen LogP) is 1.63. The largest absolute Gasteiger partial charge is 0.493 e. The maximum absolute atomic E-state index is 11.7. The highest BCUT2D eigenvalue weighted by atomic mass is 32.1. The van der Waals surface area contributed by atoms with E-state index in [1.54, 1.807) is 12.1 Å². The van der Waals surface area contributed by atoms with Crippen molar-refractivity contribution in [1.29, 1.82) is 0 Å². The minimum absolute atomic E-state index is 0.100. The third-order valence-electron chi connectivity index (χ3n) is 2.64. The van der Waals surface area contributed by atoms with E-state index >= 15 is 0 Å². The van der Waals surface area contributed by atoms with Gasteiger partial charge in [-0.15, -0.1) is 12.6 Å². The van der Waals surface area contributed by atoms with Crippen LogP contribution < -0.4 is 14.8 Å². The van der Waals surface area contributed by atoms with Crippen LogP contribution in [0.4, 0.5) is 5.69 Å². The molecule has 1 aromatic carbocycles. The average molecular weight is 327 g/mol. The van der Waals surface area contributed by atoms with Gasteiger partial charge in [0.15, 0.2) is 11.5 Å². The number of benzene rings is 1. The summed E-state index contributed by atoms with van der Waals surface area (Å²) in [5.41, 5.74) is 0.332. The molecule has 0 aliphatic carbocycles. The molecule has 0 amide bonds. The van der Waals surface area contributed by atoms with Crippen molar-refractivity contribution in [3.05, 3.63) is 23.9 Å². The van der Waals surface area contributed by atoms with Gasteiger partial charge in [-0.1, -0.05) is 0 Å². The predicted molar refractivity (Wildman–Crippen MR) is 82.5 cm³/mol. The molecular weight excluding hydrogens is 310 g/mol. The normalized spacial score (nSPS) is 10.7. The van der Waals surface area contributed by atoms with Gasteiger partial charge in [0.2, 0.25) is 0 Å². The van der Waals surface area contributed by atoms with Crippen LogP contribution in [-0.2, 0) is 19.1 Å². The lowest BCUT2D eigenvalue weighted by Crippen LogP contribution is -2.15. The summed E-state index contributed by atoms with van der Waals surface area (Å²) < 4.78 is 19.4. The van der Waals surface area contributed by atoms with Crippen LogP contribution in [0.2, 0.25) is 0 Å². The lowest BCUT2D eigenvalue weighted by atomic mass is 10.2. The van der Waals surface area contributed by atoms with Crippen LogP contribution in [0.1, 0.15) is 0 Å². The standard InChI is InChI=1S/C14H17NO6S/c1-18-10-5-8(12(22)7-11(10)19-2)15-9(14(17)21-4)6-13(16)20-3/h5-7,15,22H,1-4H3/b9-6+. The SMILES string of the molecule is COC(=O)/C=C(/Nc1cc(OC)c(OC)cc1S)C(=O)OC. The molecule has 1 rings (SSSR count). The Morgan fingerprint density at radius 1 is 1.05 bits per heavy atom. The fourth-order valence-corrected chi connectivity index (χ4v) is 1.78. The van der Waals surface area contributed by atoms with Crippen molar-refractivity contribution >= 4 is 30.3 Å². The Morgan fingerprint density at radius 2 is 1.64 bits per heavy atom. The van der Waals surface area contributed by atoms with Crippen molar-refractivity contribution in [2.75, 3.05) is 33.8 Å². The highest BCUT2D eigenvalue weighted by Crippen LogP contribution is 2.35. The maximum Gasteiger partial charge on any atom is 0.354 e. The molecule has 0 aliphatic rings. The molecule has 1 aromatic rings. The van der Waals surface area contributed by atoms with E-state index in [9.17, 15) is 9.59 Å².